The maximum absolute atomic E-state index is 12.4. The van der Waals surface area contributed by atoms with Gasteiger partial charge < -0.3 is 0 Å². The van der Waals surface area contributed by atoms with Gasteiger partial charge in [0.25, 0.3) is 0 Å². The van der Waals surface area contributed by atoms with E-state index >= 15 is 0 Å². The summed E-state index contributed by atoms with van der Waals surface area (Å²) in [5.74, 6) is 0.364. The number of allylic oxidation sites excluding steroid dienone is 1. The first kappa shape index (κ1) is 12.3. The van der Waals surface area contributed by atoms with Crippen LogP contribution in [0, 0.1) is 6.92 Å². The fourth-order valence-electron chi connectivity index (χ4n) is 2.29. The highest BCUT2D eigenvalue weighted by Crippen LogP contribution is 2.42. The fourth-order valence-corrected chi connectivity index (χ4v) is 3.34. The molecule has 2 aromatic rings. The van der Waals surface area contributed by atoms with E-state index in [9.17, 15) is 4.79 Å². The summed E-state index contributed by atoms with van der Waals surface area (Å²) in [7, 11) is 0. The topological polar surface area (TPSA) is 30.0 Å². The van der Waals surface area contributed by atoms with E-state index in [1.54, 1.807) is 0 Å². The van der Waals surface area contributed by atoms with Gasteiger partial charge in [-0.05, 0) is 12.5 Å². The van der Waals surface area contributed by atoms with Gasteiger partial charge >= 0.3 is 0 Å². The molecule has 0 bridgehead atoms. The van der Waals surface area contributed by atoms with Gasteiger partial charge in [-0.3, -0.25) is 4.79 Å². The molecule has 3 rings (SSSR count). The minimum atomic E-state index is 0.0255. The standard InChI is InChI=1S/C16H15NOS/c1-8(2)16-17-13-11-6-5-9(3)7-12(11)10(4)14(18)15(13)19-16/h5-8H,4H2,1-3H3. The van der Waals surface area contributed by atoms with Gasteiger partial charge in [0, 0.05) is 17.1 Å². The molecule has 0 fully saturated rings. The highest BCUT2D eigenvalue weighted by Gasteiger charge is 2.30. The van der Waals surface area contributed by atoms with Crippen molar-refractivity contribution >= 4 is 22.7 Å². The maximum Gasteiger partial charge on any atom is 0.205 e. The first-order chi connectivity index (χ1) is 8.99. The fraction of sp³-hybridized carbons (Fsp3) is 0.250. The van der Waals surface area contributed by atoms with Crippen LogP contribution in [0.2, 0.25) is 0 Å². The van der Waals surface area contributed by atoms with Gasteiger partial charge in [0.2, 0.25) is 5.78 Å². The van der Waals surface area contributed by atoms with Crippen molar-refractivity contribution < 1.29 is 4.79 Å². The third-order valence-corrected chi connectivity index (χ3v) is 4.73. The van der Waals surface area contributed by atoms with Crippen LogP contribution in [0.25, 0.3) is 16.8 Å². The molecule has 0 saturated heterocycles. The minimum absolute atomic E-state index is 0.0255. The molecule has 19 heavy (non-hydrogen) atoms. The average molecular weight is 269 g/mol. The Morgan fingerprint density at radius 1 is 1.26 bits per heavy atom. The van der Waals surface area contributed by atoms with Crippen LogP contribution in [0.3, 0.4) is 0 Å². The maximum atomic E-state index is 12.4. The molecule has 0 amide bonds. The second-order valence-corrected chi connectivity index (χ2v) is 6.27. The van der Waals surface area contributed by atoms with Gasteiger partial charge in [0.05, 0.1) is 10.7 Å². The second-order valence-electron chi connectivity index (χ2n) is 5.24. The Balaban J connectivity index is 2.30. The number of carbonyl (C=O) groups is 1. The summed E-state index contributed by atoms with van der Waals surface area (Å²) >= 11 is 1.50. The second kappa shape index (κ2) is 4.14. The number of fused-ring (bicyclic) bond motifs is 3. The zero-order chi connectivity index (χ0) is 13.7. The molecule has 2 nitrogen and oxygen atoms in total. The summed E-state index contributed by atoms with van der Waals surface area (Å²) in [6, 6.07) is 6.12. The molecule has 1 aliphatic rings. The first-order valence-corrected chi connectivity index (χ1v) is 7.16. The van der Waals surface area contributed by atoms with Crippen LogP contribution in [0.5, 0.6) is 0 Å². The van der Waals surface area contributed by atoms with Gasteiger partial charge in [-0.25, -0.2) is 4.98 Å². The Kier molecular flexibility index (Phi) is 2.68. The summed E-state index contributed by atoms with van der Waals surface area (Å²) in [5.41, 5.74) is 4.52. The van der Waals surface area contributed by atoms with Crippen molar-refractivity contribution in [3.8, 4) is 11.3 Å². The van der Waals surface area contributed by atoms with Crippen LogP contribution in [-0.2, 0) is 0 Å². The van der Waals surface area contributed by atoms with E-state index in [0.29, 0.717) is 11.5 Å². The molecule has 0 radical (unpaired) electrons. The van der Waals surface area contributed by atoms with Crippen molar-refractivity contribution in [2.75, 3.05) is 0 Å². The SMILES string of the molecule is C=C1C(=O)c2sc(C(C)C)nc2-c2ccc(C)cc21. The van der Waals surface area contributed by atoms with Gasteiger partial charge in [0.15, 0.2) is 0 Å². The molecule has 0 N–H and O–H groups in total. The minimum Gasteiger partial charge on any atom is -0.288 e. The Hall–Kier alpha value is -1.74. The third-order valence-electron chi connectivity index (χ3n) is 3.37. The molecule has 1 aromatic carbocycles. The zero-order valence-corrected chi connectivity index (χ0v) is 12.1. The van der Waals surface area contributed by atoms with Crippen LogP contribution >= 0.6 is 11.3 Å². The van der Waals surface area contributed by atoms with E-state index in [4.69, 9.17) is 0 Å². The number of ketones is 1. The lowest BCUT2D eigenvalue weighted by atomic mass is 9.88. The summed E-state index contributed by atoms with van der Waals surface area (Å²) in [6.45, 7) is 10.2. The predicted octanol–water partition coefficient (Wildman–Crippen LogP) is 4.45. The monoisotopic (exact) mass is 269 g/mol. The Morgan fingerprint density at radius 3 is 2.68 bits per heavy atom. The first-order valence-electron chi connectivity index (χ1n) is 6.34. The number of hydrogen-bond acceptors (Lipinski definition) is 3. The number of hydrogen-bond donors (Lipinski definition) is 0. The van der Waals surface area contributed by atoms with Gasteiger partial charge in [-0.2, -0.15) is 0 Å². The summed E-state index contributed by atoms with van der Waals surface area (Å²) in [6.07, 6.45) is 0. The largest absolute Gasteiger partial charge is 0.288 e. The molecule has 0 aliphatic heterocycles. The molecule has 0 saturated carbocycles. The van der Waals surface area contributed by atoms with Crippen molar-refractivity contribution in [1.29, 1.82) is 0 Å². The number of aryl methyl sites for hydroxylation is 1. The number of thiazole rings is 1. The van der Waals surface area contributed by atoms with Gasteiger partial charge in [0.1, 0.15) is 4.88 Å². The molecule has 0 atom stereocenters. The molecular weight excluding hydrogens is 254 g/mol. The van der Waals surface area contributed by atoms with Crippen molar-refractivity contribution in [2.24, 2.45) is 0 Å². The Bertz CT molecular complexity index is 710. The van der Waals surface area contributed by atoms with Crippen molar-refractivity contribution in [1.82, 2.24) is 4.98 Å². The molecular formula is C16H15NOS. The van der Waals surface area contributed by atoms with Gasteiger partial charge in [-0.1, -0.05) is 44.2 Å². The molecule has 3 heteroatoms. The lowest BCUT2D eigenvalue weighted by Crippen LogP contribution is -2.09. The lowest BCUT2D eigenvalue weighted by Gasteiger charge is -2.16. The number of benzene rings is 1. The zero-order valence-electron chi connectivity index (χ0n) is 11.3. The van der Waals surface area contributed by atoms with Gasteiger partial charge in [-0.15, -0.1) is 11.3 Å². The van der Waals surface area contributed by atoms with Crippen molar-refractivity contribution in [3.63, 3.8) is 0 Å². The van der Waals surface area contributed by atoms with E-state index < -0.39 is 0 Å². The van der Waals surface area contributed by atoms with E-state index in [1.165, 1.54) is 11.3 Å². The normalized spacial score (nSPS) is 13.7. The van der Waals surface area contributed by atoms with Crippen LogP contribution in [0.1, 0.15) is 45.6 Å². The molecule has 96 valence electrons. The van der Waals surface area contributed by atoms with E-state index in [-0.39, 0.29) is 5.78 Å². The third kappa shape index (κ3) is 1.77. The Labute approximate surface area is 116 Å². The number of nitrogens with zero attached hydrogens (tertiary/aromatic N) is 1. The van der Waals surface area contributed by atoms with Crippen molar-refractivity contribution in [2.45, 2.75) is 26.7 Å². The molecule has 0 unspecified atom stereocenters. The molecule has 1 aromatic heterocycles. The van der Waals surface area contributed by atoms with Crippen LogP contribution in [0.4, 0.5) is 0 Å². The van der Waals surface area contributed by atoms with E-state index in [0.717, 1.165) is 32.3 Å². The van der Waals surface area contributed by atoms with Crippen LogP contribution in [-0.4, -0.2) is 10.8 Å². The molecule has 1 aliphatic carbocycles. The average Bonchev–Trinajstić information content (AvgIpc) is 2.81. The number of rotatable bonds is 1. The van der Waals surface area contributed by atoms with E-state index in [1.807, 2.05) is 19.1 Å². The predicted molar refractivity (Wildman–Crippen MR) is 79.7 cm³/mol. The van der Waals surface area contributed by atoms with Crippen LogP contribution < -0.4 is 0 Å². The highest BCUT2D eigenvalue weighted by atomic mass is 32.1. The molecule has 0 spiro atoms. The Morgan fingerprint density at radius 2 is 2.00 bits per heavy atom. The van der Waals surface area contributed by atoms with Crippen LogP contribution in [0.15, 0.2) is 24.8 Å². The number of carbonyl (C=O) groups excluding carboxylic acids is 1. The lowest BCUT2D eigenvalue weighted by molar-refractivity contribution is 0.106. The summed E-state index contributed by atoms with van der Waals surface area (Å²) in [4.78, 5) is 17.8. The van der Waals surface area contributed by atoms with E-state index in [2.05, 4.69) is 31.5 Å². The number of Topliss-reactive ketones (excluding diaryl/α,β-unsaturated/α-hetero) is 1. The number of aromatic nitrogens is 1. The highest BCUT2D eigenvalue weighted by molar-refractivity contribution is 7.14. The van der Waals surface area contributed by atoms with Crippen molar-refractivity contribution in [3.05, 3.63) is 45.8 Å². The molecule has 1 heterocycles. The summed E-state index contributed by atoms with van der Waals surface area (Å²) in [5, 5.41) is 1.01. The summed E-state index contributed by atoms with van der Waals surface area (Å²) < 4.78 is 0. The smallest absolute Gasteiger partial charge is 0.205 e. The quantitative estimate of drug-likeness (QED) is 0.716.